The Balaban J connectivity index is 1.65. The van der Waals surface area contributed by atoms with Crippen LogP contribution in [-0.4, -0.2) is 25.3 Å². The Morgan fingerprint density at radius 3 is 2.45 bits per heavy atom. The number of nitrogens with one attached hydrogen (secondary N) is 2. The van der Waals surface area contributed by atoms with Gasteiger partial charge in [-0.25, -0.2) is 10.4 Å². The van der Waals surface area contributed by atoms with Crippen LogP contribution in [0.3, 0.4) is 0 Å². The van der Waals surface area contributed by atoms with E-state index >= 15 is 0 Å². The van der Waals surface area contributed by atoms with Gasteiger partial charge in [-0.1, -0.05) is 54.6 Å². The van der Waals surface area contributed by atoms with E-state index in [0.717, 1.165) is 24.6 Å². The number of rotatable bonds is 3. The van der Waals surface area contributed by atoms with Crippen LogP contribution in [0.2, 0.25) is 0 Å². The Morgan fingerprint density at radius 1 is 1.00 bits per heavy atom. The molecule has 0 aliphatic carbocycles. The highest BCUT2D eigenvalue weighted by molar-refractivity contribution is 5.85. The van der Waals surface area contributed by atoms with E-state index in [-0.39, 0.29) is 0 Å². The van der Waals surface area contributed by atoms with Crippen LogP contribution in [0.25, 0.3) is 11.1 Å². The first kappa shape index (κ1) is 12.4. The molecule has 0 fully saturated rings. The monoisotopic (exact) mass is 264 g/mol. The van der Waals surface area contributed by atoms with Gasteiger partial charge in [0.05, 0.1) is 12.8 Å². The third-order valence-corrected chi connectivity index (χ3v) is 3.08. The average molecular weight is 264 g/mol. The lowest BCUT2D eigenvalue weighted by molar-refractivity contribution is 0.920. The molecule has 4 heteroatoms. The molecule has 0 saturated heterocycles. The van der Waals surface area contributed by atoms with E-state index in [1.165, 1.54) is 11.1 Å². The van der Waals surface area contributed by atoms with Gasteiger partial charge in [0.25, 0.3) is 0 Å². The summed E-state index contributed by atoms with van der Waals surface area (Å²) < 4.78 is 0. The smallest absolute Gasteiger partial charge is 0.212 e. The van der Waals surface area contributed by atoms with Crippen molar-refractivity contribution < 1.29 is 0 Å². The van der Waals surface area contributed by atoms with Gasteiger partial charge in [-0.15, -0.1) is 0 Å². The minimum Gasteiger partial charge on any atom is -0.353 e. The molecule has 1 aliphatic heterocycles. The van der Waals surface area contributed by atoms with Crippen LogP contribution in [0, 0.1) is 0 Å². The van der Waals surface area contributed by atoms with Crippen LogP contribution >= 0.6 is 0 Å². The predicted octanol–water partition coefficient (Wildman–Crippen LogP) is 2.24. The fourth-order valence-corrected chi connectivity index (χ4v) is 2.03. The highest BCUT2D eigenvalue weighted by Crippen LogP contribution is 2.18. The molecule has 2 aromatic rings. The Bertz CT molecular complexity index is 615. The second-order valence-electron chi connectivity index (χ2n) is 4.52. The van der Waals surface area contributed by atoms with Crippen molar-refractivity contribution in [3.8, 4) is 11.1 Å². The fraction of sp³-hybridized carbons (Fsp3) is 0.125. The lowest BCUT2D eigenvalue weighted by Gasteiger charge is -2.02. The van der Waals surface area contributed by atoms with Crippen LogP contribution in [0.15, 0.2) is 64.7 Å². The van der Waals surface area contributed by atoms with Crippen LogP contribution < -0.4 is 10.7 Å². The number of guanidine groups is 1. The molecule has 2 aromatic carbocycles. The van der Waals surface area contributed by atoms with Crippen molar-refractivity contribution in [1.82, 2.24) is 10.7 Å². The number of nitrogens with zero attached hydrogens (tertiary/aromatic N) is 2. The second kappa shape index (κ2) is 6.02. The number of aliphatic imine (C=N–C) groups is 1. The van der Waals surface area contributed by atoms with Crippen molar-refractivity contribution in [3.63, 3.8) is 0 Å². The molecule has 1 aliphatic rings. The van der Waals surface area contributed by atoms with Gasteiger partial charge in [-0.2, -0.15) is 5.10 Å². The SMILES string of the molecule is C(=N\NC1=NCCN1)/c1ccc(-c2ccccc2)cc1. The lowest BCUT2D eigenvalue weighted by atomic mass is 10.0. The van der Waals surface area contributed by atoms with Gasteiger partial charge >= 0.3 is 0 Å². The molecule has 0 unspecified atom stereocenters. The minimum absolute atomic E-state index is 0.738. The van der Waals surface area contributed by atoms with Gasteiger partial charge in [0.1, 0.15) is 0 Å². The van der Waals surface area contributed by atoms with Gasteiger partial charge in [-0.05, 0) is 16.7 Å². The summed E-state index contributed by atoms with van der Waals surface area (Å²) in [6.07, 6.45) is 1.79. The number of hydrogen-bond donors (Lipinski definition) is 2. The Hall–Kier alpha value is -2.62. The molecule has 0 spiro atoms. The zero-order valence-corrected chi connectivity index (χ0v) is 11.1. The van der Waals surface area contributed by atoms with Crippen molar-refractivity contribution >= 4 is 12.2 Å². The number of benzene rings is 2. The molecule has 0 amide bonds. The van der Waals surface area contributed by atoms with Crippen molar-refractivity contribution in [2.45, 2.75) is 0 Å². The zero-order valence-electron chi connectivity index (χ0n) is 11.1. The standard InChI is InChI=1S/C16H16N4/c1-2-4-14(5-3-1)15-8-6-13(7-9-15)12-19-20-16-17-10-11-18-16/h1-9,12H,10-11H2,(H2,17,18,20)/b19-12+. The van der Waals surface area contributed by atoms with Crippen LogP contribution in [-0.2, 0) is 0 Å². The van der Waals surface area contributed by atoms with E-state index in [2.05, 4.69) is 57.2 Å². The summed E-state index contributed by atoms with van der Waals surface area (Å²) in [6.45, 7) is 1.69. The van der Waals surface area contributed by atoms with Crippen LogP contribution in [0.1, 0.15) is 5.56 Å². The number of hydrazone groups is 1. The minimum atomic E-state index is 0.738. The summed E-state index contributed by atoms with van der Waals surface area (Å²) in [5, 5.41) is 7.26. The van der Waals surface area contributed by atoms with E-state index in [9.17, 15) is 0 Å². The molecule has 3 rings (SSSR count). The summed E-state index contributed by atoms with van der Waals surface area (Å²) in [6, 6.07) is 18.6. The van der Waals surface area contributed by atoms with Crippen LogP contribution in [0.5, 0.6) is 0 Å². The maximum atomic E-state index is 4.20. The highest BCUT2D eigenvalue weighted by atomic mass is 15.4. The van der Waals surface area contributed by atoms with E-state index in [1.54, 1.807) is 6.21 Å². The van der Waals surface area contributed by atoms with Crippen molar-refractivity contribution in [3.05, 3.63) is 60.2 Å². The third kappa shape index (κ3) is 3.03. The van der Waals surface area contributed by atoms with Crippen LogP contribution in [0.4, 0.5) is 0 Å². The Morgan fingerprint density at radius 2 is 1.75 bits per heavy atom. The molecule has 0 bridgehead atoms. The summed E-state index contributed by atoms with van der Waals surface area (Å²) in [5.41, 5.74) is 6.36. The lowest BCUT2D eigenvalue weighted by Crippen LogP contribution is -2.30. The Kier molecular flexibility index (Phi) is 3.73. The number of hydrogen-bond acceptors (Lipinski definition) is 4. The molecule has 1 heterocycles. The predicted molar refractivity (Wildman–Crippen MR) is 82.9 cm³/mol. The molecule has 20 heavy (non-hydrogen) atoms. The molecule has 0 aromatic heterocycles. The van der Waals surface area contributed by atoms with Gasteiger partial charge in [0.15, 0.2) is 0 Å². The molecule has 100 valence electrons. The average Bonchev–Trinajstić information content (AvgIpc) is 3.02. The first-order chi connectivity index (χ1) is 9.92. The largest absolute Gasteiger partial charge is 0.353 e. The summed E-state index contributed by atoms with van der Waals surface area (Å²) >= 11 is 0. The molecule has 4 nitrogen and oxygen atoms in total. The summed E-state index contributed by atoms with van der Waals surface area (Å²) in [4.78, 5) is 4.20. The molecule has 0 radical (unpaired) electrons. The quantitative estimate of drug-likeness (QED) is 0.660. The summed E-state index contributed by atoms with van der Waals surface area (Å²) in [5.74, 6) is 0.738. The molecular formula is C16H16N4. The Labute approximate surface area is 118 Å². The summed E-state index contributed by atoms with van der Waals surface area (Å²) in [7, 11) is 0. The van der Waals surface area contributed by atoms with Crippen molar-refractivity contribution in [2.75, 3.05) is 13.1 Å². The second-order valence-corrected chi connectivity index (χ2v) is 4.52. The highest BCUT2D eigenvalue weighted by Gasteiger charge is 2.01. The first-order valence-corrected chi connectivity index (χ1v) is 6.65. The van der Waals surface area contributed by atoms with Gasteiger partial charge in [0.2, 0.25) is 5.96 Å². The zero-order chi connectivity index (χ0) is 13.6. The first-order valence-electron chi connectivity index (χ1n) is 6.65. The van der Waals surface area contributed by atoms with Gasteiger partial charge < -0.3 is 5.32 Å². The van der Waals surface area contributed by atoms with E-state index in [0.29, 0.717) is 0 Å². The van der Waals surface area contributed by atoms with E-state index in [1.807, 2.05) is 18.2 Å². The molecular weight excluding hydrogens is 248 g/mol. The molecule has 2 N–H and O–H groups in total. The maximum Gasteiger partial charge on any atom is 0.212 e. The van der Waals surface area contributed by atoms with Crippen molar-refractivity contribution in [1.29, 1.82) is 0 Å². The third-order valence-electron chi connectivity index (χ3n) is 3.08. The maximum absolute atomic E-state index is 4.20. The van der Waals surface area contributed by atoms with E-state index < -0.39 is 0 Å². The molecule has 0 saturated carbocycles. The topological polar surface area (TPSA) is 48.8 Å². The fourth-order valence-electron chi connectivity index (χ4n) is 2.03. The molecule has 0 atom stereocenters. The van der Waals surface area contributed by atoms with Crippen molar-refractivity contribution in [2.24, 2.45) is 10.1 Å². The van der Waals surface area contributed by atoms with Gasteiger partial charge in [0, 0.05) is 6.54 Å². The van der Waals surface area contributed by atoms with Gasteiger partial charge in [-0.3, -0.25) is 0 Å². The normalized spacial score (nSPS) is 14.1. The van der Waals surface area contributed by atoms with E-state index in [4.69, 9.17) is 0 Å².